The molecule has 32 heavy (non-hydrogen) atoms. The maximum atomic E-state index is 13.1. The molecule has 0 spiro atoms. The summed E-state index contributed by atoms with van der Waals surface area (Å²) in [6.07, 6.45) is 6.84. The second kappa shape index (κ2) is 10.3. The van der Waals surface area contributed by atoms with E-state index < -0.39 is 0 Å². The molecule has 0 unspecified atom stereocenters. The average Bonchev–Trinajstić information content (AvgIpc) is 2.83. The first-order valence-electron chi connectivity index (χ1n) is 11.1. The van der Waals surface area contributed by atoms with Crippen LogP contribution in [-0.2, 0) is 11.3 Å². The van der Waals surface area contributed by atoms with Crippen molar-refractivity contribution in [2.75, 3.05) is 31.9 Å². The normalized spacial score (nSPS) is 19.3. The van der Waals surface area contributed by atoms with Crippen molar-refractivity contribution in [3.63, 3.8) is 0 Å². The Kier molecular flexibility index (Phi) is 7.22. The molecule has 0 atom stereocenters. The van der Waals surface area contributed by atoms with Crippen LogP contribution in [0.2, 0.25) is 5.02 Å². The van der Waals surface area contributed by atoms with Gasteiger partial charge in [-0.2, -0.15) is 0 Å². The molecule has 4 rings (SSSR count). The predicted octanol–water partition coefficient (Wildman–Crippen LogP) is 3.04. The largest absolute Gasteiger partial charge is 0.411 e. The molecule has 2 saturated heterocycles. The molecule has 1 aromatic heterocycles. The molecule has 3 heterocycles. The van der Waals surface area contributed by atoms with Gasteiger partial charge in [-0.15, -0.1) is 0 Å². The molecule has 2 fully saturated rings. The Hall–Kier alpha value is -2.71. The van der Waals surface area contributed by atoms with Crippen molar-refractivity contribution in [1.29, 1.82) is 0 Å². The lowest BCUT2D eigenvalue weighted by Crippen LogP contribution is -2.46. The Morgan fingerprint density at radius 2 is 1.62 bits per heavy atom. The lowest BCUT2D eigenvalue weighted by Gasteiger charge is -2.37. The van der Waals surface area contributed by atoms with Gasteiger partial charge >= 0.3 is 0 Å². The third-order valence-electron chi connectivity index (χ3n) is 6.51. The van der Waals surface area contributed by atoms with Crippen LogP contribution >= 0.6 is 11.6 Å². The number of carbonyl (C=O) groups is 1. The standard InChI is InChI=1S/C23H29ClN6O2/c24-20-3-1-17(2-4-20)21(28-32)18-7-11-30(12-8-18)22(31)19-5-9-29(10-6-19)15-16-13-26-23(25)27-14-16/h1-4,13-14,18-19,32H,5-12,15H2,(H2,25,26,27)/b28-21+. The SMILES string of the molecule is Nc1ncc(CN2CCC(C(=O)N3CCC(/C(=N/O)c4ccc(Cl)cc4)CC3)CC2)cn1. The summed E-state index contributed by atoms with van der Waals surface area (Å²) in [5.41, 5.74) is 8.13. The summed E-state index contributed by atoms with van der Waals surface area (Å²) < 4.78 is 0. The van der Waals surface area contributed by atoms with Gasteiger partial charge in [0.25, 0.3) is 0 Å². The highest BCUT2D eigenvalue weighted by Crippen LogP contribution is 2.27. The zero-order valence-corrected chi connectivity index (χ0v) is 18.8. The highest BCUT2D eigenvalue weighted by atomic mass is 35.5. The van der Waals surface area contributed by atoms with Gasteiger partial charge < -0.3 is 15.8 Å². The van der Waals surface area contributed by atoms with E-state index in [9.17, 15) is 10.0 Å². The minimum Gasteiger partial charge on any atom is -0.411 e. The third-order valence-corrected chi connectivity index (χ3v) is 6.76. The molecule has 1 amide bonds. The van der Waals surface area contributed by atoms with Crippen LogP contribution in [0.4, 0.5) is 5.95 Å². The van der Waals surface area contributed by atoms with E-state index in [1.54, 1.807) is 24.5 Å². The van der Waals surface area contributed by atoms with Crippen LogP contribution in [-0.4, -0.2) is 62.8 Å². The number of hydrogen-bond donors (Lipinski definition) is 2. The number of halogens is 1. The van der Waals surface area contributed by atoms with Gasteiger partial charge in [-0.3, -0.25) is 9.69 Å². The van der Waals surface area contributed by atoms with Crippen molar-refractivity contribution in [3.8, 4) is 0 Å². The van der Waals surface area contributed by atoms with Crippen molar-refractivity contribution in [2.24, 2.45) is 17.0 Å². The maximum absolute atomic E-state index is 13.1. The quantitative estimate of drug-likeness (QED) is 0.406. The molecule has 8 nitrogen and oxygen atoms in total. The van der Waals surface area contributed by atoms with Gasteiger partial charge in [0.2, 0.25) is 11.9 Å². The topological polar surface area (TPSA) is 108 Å². The van der Waals surface area contributed by atoms with Gasteiger partial charge in [-0.05, 0) is 56.5 Å². The average molecular weight is 457 g/mol. The smallest absolute Gasteiger partial charge is 0.225 e. The molecule has 3 N–H and O–H groups in total. The van der Waals surface area contributed by atoms with E-state index in [0.717, 1.165) is 56.4 Å². The second-order valence-electron chi connectivity index (χ2n) is 8.59. The molecule has 170 valence electrons. The number of carbonyl (C=O) groups excluding carboxylic acids is 1. The number of nitrogen functional groups attached to an aromatic ring is 1. The van der Waals surface area contributed by atoms with Crippen LogP contribution < -0.4 is 5.73 Å². The molecular formula is C23H29ClN6O2. The number of piperidine rings is 2. The first-order valence-corrected chi connectivity index (χ1v) is 11.5. The number of nitrogens with two attached hydrogens (primary N) is 1. The van der Waals surface area contributed by atoms with Crippen LogP contribution in [0.15, 0.2) is 41.8 Å². The van der Waals surface area contributed by atoms with Gasteiger partial charge in [-0.1, -0.05) is 28.9 Å². The molecule has 0 bridgehead atoms. The summed E-state index contributed by atoms with van der Waals surface area (Å²) in [7, 11) is 0. The Balaban J connectivity index is 1.25. The fourth-order valence-corrected chi connectivity index (χ4v) is 4.80. The van der Waals surface area contributed by atoms with Gasteiger partial charge in [0.05, 0.1) is 5.71 Å². The van der Waals surface area contributed by atoms with E-state index in [4.69, 9.17) is 17.3 Å². The maximum Gasteiger partial charge on any atom is 0.225 e. The number of benzene rings is 1. The van der Waals surface area contributed by atoms with E-state index in [1.807, 2.05) is 17.0 Å². The van der Waals surface area contributed by atoms with Gasteiger partial charge in [0.1, 0.15) is 0 Å². The number of likely N-dealkylation sites (tertiary alicyclic amines) is 2. The number of amides is 1. The molecule has 0 radical (unpaired) electrons. The molecule has 1 aromatic carbocycles. The monoisotopic (exact) mass is 456 g/mol. The molecule has 0 aliphatic carbocycles. The molecule has 2 aliphatic heterocycles. The Labute approximate surface area is 193 Å². The Morgan fingerprint density at radius 1 is 1.03 bits per heavy atom. The van der Waals surface area contributed by atoms with Gasteiger partial charge in [0, 0.05) is 54.4 Å². The van der Waals surface area contributed by atoms with E-state index in [2.05, 4.69) is 20.0 Å². The minimum atomic E-state index is 0.0766. The number of anilines is 1. The first-order chi connectivity index (χ1) is 15.5. The lowest BCUT2D eigenvalue weighted by atomic mass is 9.87. The molecule has 9 heteroatoms. The van der Waals surface area contributed by atoms with Crippen LogP contribution in [0, 0.1) is 11.8 Å². The second-order valence-corrected chi connectivity index (χ2v) is 9.03. The lowest BCUT2D eigenvalue weighted by molar-refractivity contribution is -0.138. The van der Waals surface area contributed by atoms with E-state index in [-0.39, 0.29) is 23.7 Å². The Bertz CT molecular complexity index is 934. The van der Waals surface area contributed by atoms with E-state index in [1.165, 1.54) is 0 Å². The number of oxime groups is 1. The van der Waals surface area contributed by atoms with Crippen molar-refractivity contribution in [3.05, 3.63) is 52.8 Å². The fraction of sp³-hybridized carbons (Fsp3) is 0.478. The summed E-state index contributed by atoms with van der Waals surface area (Å²) in [5, 5.41) is 13.8. The van der Waals surface area contributed by atoms with Crippen molar-refractivity contribution >= 4 is 29.2 Å². The summed E-state index contributed by atoms with van der Waals surface area (Å²) in [6.45, 7) is 3.93. The molecule has 2 aliphatic rings. The van der Waals surface area contributed by atoms with Crippen molar-refractivity contribution in [1.82, 2.24) is 19.8 Å². The number of nitrogens with zero attached hydrogens (tertiary/aromatic N) is 5. The van der Waals surface area contributed by atoms with Gasteiger partial charge in [-0.25, -0.2) is 9.97 Å². The highest BCUT2D eigenvalue weighted by Gasteiger charge is 2.32. The molecule has 2 aromatic rings. The number of hydrogen-bond acceptors (Lipinski definition) is 7. The van der Waals surface area contributed by atoms with Crippen molar-refractivity contribution < 1.29 is 10.0 Å². The van der Waals surface area contributed by atoms with Crippen LogP contribution in [0.5, 0.6) is 0 Å². The first kappa shape index (κ1) is 22.5. The summed E-state index contributed by atoms with van der Waals surface area (Å²) in [6, 6.07) is 7.35. The van der Waals surface area contributed by atoms with E-state index >= 15 is 0 Å². The van der Waals surface area contributed by atoms with Crippen LogP contribution in [0.1, 0.15) is 36.8 Å². The number of rotatable bonds is 5. The zero-order valence-electron chi connectivity index (χ0n) is 18.0. The molecular weight excluding hydrogens is 428 g/mol. The van der Waals surface area contributed by atoms with Crippen molar-refractivity contribution in [2.45, 2.75) is 32.2 Å². The summed E-state index contributed by atoms with van der Waals surface area (Å²) >= 11 is 5.97. The van der Waals surface area contributed by atoms with Crippen LogP contribution in [0.25, 0.3) is 0 Å². The third kappa shape index (κ3) is 5.37. The van der Waals surface area contributed by atoms with E-state index in [0.29, 0.717) is 23.8 Å². The summed E-state index contributed by atoms with van der Waals surface area (Å²) in [4.78, 5) is 25.5. The number of aromatic nitrogens is 2. The summed E-state index contributed by atoms with van der Waals surface area (Å²) in [5.74, 6) is 0.752. The zero-order chi connectivity index (χ0) is 22.5. The fourth-order valence-electron chi connectivity index (χ4n) is 4.67. The highest BCUT2D eigenvalue weighted by molar-refractivity contribution is 6.30. The minimum absolute atomic E-state index is 0.0766. The Morgan fingerprint density at radius 3 is 2.22 bits per heavy atom. The van der Waals surface area contributed by atoms with Gasteiger partial charge in [0.15, 0.2) is 0 Å². The predicted molar refractivity (Wildman–Crippen MR) is 124 cm³/mol. The molecule has 0 saturated carbocycles. The van der Waals surface area contributed by atoms with Crippen LogP contribution in [0.3, 0.4) is 0 Å².